The van der Waals surface area contributed by atoms with Gasteiger partial charge in [-0.2, -0.15) is 5.26 Å². The first-order valence-corrected chi connectivity index (χ1v) is 14.2. The predicted molar refractivity (Wildman–Crippen MR) is 168 cm³/mol. The zero-order valence-corrected chi connectivity index (χ0v) is 25.3. The number of hydrogen-bond donors (Lipinski definition) is 3. The number of benzene rings is 2. The van der Waals surface area contributed by atoms with Crippen LogP contribution < -0.4 is 20.1 Å². The summed E-state index contributed by atoms with van der Waals surface area (Å²) in [6, 6.07) is 13.9. The summed E-state index contributed by atoms with van der Waals surface area (Å²) < 4.78 is 12.1. The van der Waals surface area contributed by atoms with E-state index < -0.39 is 6.23 Å². The van der Waals surface area contributed by atoms with Gasteiger partial charge in [0.25, 0.3) is 0 Å². The summed E-state index contributed by atoms with van der Waals surface area (Å²) in [5, 5.41) is 28.1. The zero-order valence-electron chi connectivity index (χ0n) is 25.3. The van der Waals surface area contributed by atoms with E-state index >= 15 is 0 Å². The van der Waals surface area contributed by atoms with Crippen LogP contribution in [0.25, 0.3) is 10.9 Å². The Bertz CT molecular complexity index is 1560. The fourth-order valence-corrected chi connectivity index (χ4v) is 4.88. The predicted octanol–water partition coefficient (Wildman–Crippen LogP) is 6.22. The molecular formula is C33H40N6O3. The standard InChI is InChI=1S/C33H40N6O3/c1-7-41-30-17-27-26(16-28(30)38-31(40)11-9-13-39(5)6)32(24(18-34)19-36-27)37-25-14-22(3)33(23(4)15-25)42-20-29-21(2)10-8-12-35-29/h8,10,12,14-17,19,31,38,40H,7,9,11,13,20H2,1-6H3,(H,36,37). The molecule has 4 aromatic rings. The van der Waals surface area contributed by atoms with Gasteiger partial charge in [0.2, 0.25) is 0 Å². The number of rotatable bonds is 13. The highest BCUT2D eigenvalue weighted by molar-refractivity contribution is 5.99. The van der Waals surface area contributed by atoms with Gasteiger partial charge in [0.15, 0.2) is 0 Å². The summed E-state index contributed by atoms with van der Waals surface area (Å²) in [6.07, 6.45) is 4.00. The van der Waals surface area contributed by atoms with Crippen LogP contribution in [0.4, 0.5) is 17.1 Å². The summed E-state index contributed by atoms with van der Waals surface area (Å²) in [5.74, 6) is 1.40. The number of ether oxygens (including phenoxy) is 2. The molecule has 0 fully saturated rings. The van der Waals surface area contributed by atoms with Gasteiger partial charge in [-0.05, 0) is 102 Å². The third kappa shape index (κ3) is 7.46. The molecule has 9 nitrogen and oxygen atoms in total. The number of aryl methyl sites for hydroxylation is 3. The Morgan fingerprint density at radius 3 is 2.48 bits per heavy atom. The molecule has 42 heavy (non-hydrogen) atoms. The average molecular weight is 569 g/mol. The number of nitrogens with zero attached hydrogens (tertiary/aromatic N) is 4. The number of aliphatic hydroxyl groups is 1. The monoisotopic (exact) mass is 568 g/mol. The van der Waals surface area contributed by atoms with Crippen molar-refractivity contribution in [3.63, 3.8) is 0 Å². The van der Waals surface area contributed by atoms with E-state index in [0.717, 1.165) is 52.2 Å². The van der Waals surface area contributed by atoms with E-state index in [1.54, 1.807) is 12.4 Å². The first kappa shape index (κ1) is 30.6. The maximum Gasteiger partial charge on any atom is 0.144 e. The first-order chi connectivity index (χ1) is 20.2. The van der Waals surface area contributed by atoms with E-state index in [4.69, 9.17) is 9.47 Å². The van der Waals surface area contributed by atoms with Gasteiger partial charge in [-0.1, -0.05) is 6.07 Å². The lowest BCUT2D eigenvalue weighted by molar-refractivity contribution is 0.184. The topological polar surface area (TPSA) is 116 Å². The number of pyridine rings is 2. The molecule has 220 valence electrons. The van der Waals surface area contributed by atoms with Crippen LogP contribution >= 0.6 is 0 Å². The van der Waals surface area contributed by atoms with Crippen LogP contribution in [0.2, 0.25) is 0 Å². The number of nitriles is 1. The van der Waals surface area contributed by atoms with E-state index in [9.17, 15) is 10.4 Å². The molecule has 0 radical (unpaired) electrons. The molecule has 0 amide bonds. The summed E-state index contributed by atoms with van der Waals surface area (Å²) in [7, 11) is 4.02. The van der Waals surface area contributed by atoms with Crippen LogP contribution in [0.15, 0.2) is 48.8 Å². The minimum Gasteiger partial charge on any atom is -0.492 e. The summed E-state index contributed by atoms with van der Waals surface area (Å²) in [5.41, 5.74) is 7.09. The van der Waals surface area contributed by atoms with E-state index in [1.807, 2.05) is 78.2 Å². The van der Waals surface area contributed by atoms with Crippen LogP contribution in [0.3, 0.4) is 0 Å². The number of aliphatic hydroxyl groups excluding tert-OH is 1. The molecule has 9 heteroatoms. The highest BCUT2D eigenvalue weighted by atomic mass is 16.5. The smallest absolute Gasteiger partial charge is 0.144 e. The largest absolute Gasteiger partial charge is 0.492 e. The fourth-order valence-electron chi connectivity index (χ4n) is 4.88. The Hall–Kier alpha value is -4.39. The average Bonchev–Trinajstić information content (AvgIpc) is 2.94. The Balaban J connectivity index is 1.65. The molecule has 2 heterocycles. The van der Waals surface area contributed by atoms with Crippen molar-refractivity contribution in [3.05, 3.63) is 76.7 Å². The quantitative estimate of drug-likeness (QED) is 0.162. The molecule has 0 aliphatic rings. The Morgan fingerprint density at radius 1 is 1.05 bits per heavy atom. The van der Waals surface area contributed by atoms with Crippen LogP contribution in [0.1, 0.15) is 47.7 Å². The zero-order chi connectivity index (χ0) is 30.2. The summed E-state index contributed by atoms with van der Waals surface area (Å²) in [4.78, 5) is 11.1. The number of anilines is 3. The van der Waals surface area contributed by atoms with Crippen molar-refractivity contribution < 1.29 is 14.6 Å². The van der Waals surface area contributed by atoms with Gasteiger partial charge in [0.1, 0.15) is 30.4 Å². The number of nitrogens with one attached hydrogen (secondary N) is 2. The molecule has 0 saturated carbocycles. The molecule has 3 N–H and O–H groups in total. The molecule has 0 bridgehead atoms. The van der Waals surface area contributed by atoms with Crippen molar-refractivity contribution >= 4 is 28.0 Å². The van der Waals surface area contributed by atoms with Crippen LogP contribution in [0, 0.1) is 32.1 Å². The molecule has 1 atom stereocenters. The van der Waals surface area contributed by atoms with E-state index in [0.29, 0.717) is 47.8 Å². The molecule has 2 aromatic heterocycles. The van der Waals surface area contributed by atoms with Gasteiger partial charge in [-0.25, -0.2) is 0 Å². The van der Waals surface area contributed by atoms with Crippen molar-refractivity contribution in [3.8, 4) is 17.6 Å². The van der Waals surface area contributed by atoms with Crippen LogP contribution in [-0.2, 0) is 6.61 Å². The van der Waals surface area contributed by atoms with Crippen LogP contribution in [0.5, 0.6) is 11.5 Å². The van der Waals surface area contributed by atoms with Crippen molar-refractivity contribution in [1.29, 1.82) is 5.26 Å². The lowest BCUT2D eigenvalue weighted by Crippen LogP contribution is -2.22. The first-order valence-electron chi connectivity index (χ1n) is 14.2. The maximum absolute atomic E-state index is 10.7. The van der Waals surface area contributed by atoms with Crippen LogP contribution in [-0.4, -0.2) is 53.4 Å². The minimum atomic E-state index is -0.752. The van der Waals surface area contributed by atoms with Crippen molar-refractivity contribution in [2.45, 2.75) is 53.4 Å². The Labute approximate surface area is 248 Å². The molecule has 1 unspecified atom stereocenters. The molecule has 0 aliphatic carbocycles. The molecule has 2 aromatic carbocycles. The van der Waals surface area contributed by atoms with E-state index in [1.165, 1.54) is 0 Å². The number of hydrogen-bond acceptors (Lipinski definition) is 9. The van der Waals surface area contributed by atoms with Crippen molar-refractivity contribution in [2.75, 3.05) is 37.9 Å². The normalized spacial score (nSPS) is 11.8. The third-order valence-corrected chi connectivity index (χ3v) is 7.00. The Morgan fingerprint density at radius 2 is 1.81 bits per heavy atom. The second-order valence-corrected chi connectivity index (χ2v) is 10.7. The number of aromatic nitrogens is 2. The minimum absolute atomic E-state index is 0.383. The van der Waals surface area contributed by atoms with Gasteiger partial charge in [0, 0.05) is 29.5 Å². The lowest BCUT2D eigenvalue weighted by Gasteiger charge is -2.20. The highest BCUT2D eigenvalue weighted by Crippen LogP contribution is 2.37. The fraction of sp³-hybridized carbons (Fsp3) is 0.364. The van der Waals surface area contributed by atoms with E-state index in [-0.39, 0.29) is 0 Å². The lowest BCUT2D eigenvalue weighted by atomic mass is 10.1. The second kappa shape index (κ2) is 14.0. The van der Waals surface area contributed by atoms with Crippen molar-refractivity contribution in [2.24, 2.45) is 0 Å². The van der Waals surface area contributed by atoms with Gasteiger partial charge in [0.05, 0.1) is 34.8 Å². The molecular weight excluding hydrogens is 528 g/mol. The van der Waals surface area contributed by atoms with Crippen molar-refractivity contribution in [1.82, 2.24) is 14.9 Å². The molecule has 0 saturated heterocycles. The second-order valence-electron chi connectivity index (χ2n) is 10.7. The summed E-state index contributed by atoms with van der Waals surface area (Å²) in [6.45, 7) is 9.67. The maximum atomic E-state index is 10.7. The molecule has 4 rings (SSSR count). The third-order valence-electron chi connectivity index (χ3n) is 7.00. The van der Waals surface area contributed by atoms with E-state index in [2.05, 4.69) is 31.6 Å². The number of fused-ring (bicyclic) bond motifs is 1. The van der Waals surface area contributed by atoms with Gasteiger partial charge >= 0.3 is 0 Å². The molecule has 0 aliphatic heterocycles. The molecule has 0 spiro atoms. The van der Waals surface area contributed by atoms with Gasteiger partial charge in [-0.3, -0.25) is 9.97 Å². The highest BCUT2D eigenvalue weighted by Gasteiger charge is 2.17. The summed E-state index contributed by atoms with van der Waals surface area (Å²) >= 11 is 0. The SMILES string of the molecule is CCOc1cc2ncc(C#N)c(Nc3cc(C)c(OCc4ncccc4C)c(C)c3)c2cc1NC(O)CCCN(C)C. The van der Waals surface area contributed by atoms with Gasteiger partial charge < -0.3 is 30.1 Å². The Kier molecular flexibility index (Phi) is 10.2. The van der Waals surface area contributed by atoms with Gasteiger partial charge in [-0.15, -0.1) is 0 Å².